The van der Waals surface area contributed by atoms with Crippen LogP contribution in [0.15, 0.2) is 16.8 Å². The standard InChI is InChI=1S/C30H46N2O7/c1-20(33)30(38)14-11-25-23-8-7-21-17-22(9-12-28(21,2)24(23)10-13-29(25,30)3)31-39-16-6-4-5-15-32(18-26(34)35)19-27(36)37/h17,23-25,38H,4-16,18-19H2,1-3H3,(H,34,35)(H,36,37)/b31-22+/t23-,24+,25+,28+,29+,30+/m1/s1. The Kier molecular flexibility index (Phi) is 8.91. The van der Waals surface area contributed by atoms with Gasteiger partial charge in [0.1, 0.15) is 12.2 Å². The first-order valence-electron chi connectivity index (χ1n) is 14.7. The van der Waals surface area contributed by atoms with E-state index in [1.54, 1.807) is 6.92 Å². The number of ketones is 1. The number of rotatable bonds is 12. The molecule has 0 amide bonds. The third-order valence-electron chi connectivity index (χ3n) is 10.8. The summed E-state index contributed by atoms with van der Waals surface area (Å²) < 4.78 is 0. The molecule has 0 aromatic rings. The predicted octanol–water partition coefficient (Wildman–Crippen LogP) is 4.28. The van der Waals surface area contributed by atoms with Crippen molar-refractivity contribution in [2.75, 3.05) is 26.2 Å². The van der Waals surface area contributed by atoms with Crippen LogP contribution in [0.4, 0.5) is 0 Å². The molecule has 0 unspecified atom stereocenters. The van der Waals surface area contributed by atoms with E-state index in [0.29, 0.717) is 43.7 Å². The molecule has 9 heteroatoms. The summed E-state index contributed by atoms with van der Waals surface area (Å²) in [7, 11) is 0. The van der Waals surface area contributed by atoms with Gasteiger partial charge in [0.05, 0.1) is 18.8 Å². The molecule has 3 N–H and O–H groups in total. The summed E-state index contributed by atoms with van der Waals surface area (Å²) in [6.45, 7) is 6.50. The summed E-state index contributed by atoms with van der Waals surface area (Å²) in [6.07, 6.45) is 12.1. The maximum atomic E-state index is 12.4. The molecule has 0 aromatic heterocycles. The van der Waals surface area contributed by atoms with Crippen molar-refractivity contribution >= 4 is 23.4 Å². The number of nitrogens with zero attached hydrogens (tertiary/aromatic N) is 2. The van der Waals surface area contributed by atoms with Crippen molar-refractivity contribution in [1.29, 1.82) is 0 Å². The summed E-state index contributed by atoms with van der Waals surface area (Å²) >= 11 is 0. The third-order valence-corrected chi connectivity index (χ3v) is 10.8. The Balaban J connectivity index is 1.28. The lowest BCUT2D eigenvalue weighted by molar-refractivity contribution is -0.159. The monoisotopic (exact) mass is 546 g/mol. The zero-order valence-corrected chi connectivity index (χ0v) is 23.8. The zero-order chi connectivity index (χ0) is 28.4. The van der Waals surface area contributed by atoms with E-state index in [9.17, 15) is 19.5 Å². The smallest absolute Gasteiger partial charge is 0.317 e. The van der Waals surface area contributed by atoms with Gasteiger partial charge in [0, 0.05) is 5.41 Å². The van der Waals surface area contributed by atoms with Crippen molar-refractivity contribution in [2.45, 2.75) is 97.0 Å². The fourth-order valence-corrected chi connectivity index (χ4v) is 8.64. The molecule has 9 nitrogen and oxygen atoms in total. The molecule has 0 aromatic carbocycles. The van der Waals surface area contributed by atoms with Gasteiger partial charge in [-0.15, -0.1) is 0 Å². The maximum Gasteiger partial charge on any atom is 0.317 e. The number of carboxylic acid groups (broad SMARTS) is 2. The van der Waals surface area contributed by atoms with Crippen LogP contribution in [-0.2, 0) is 19.2 Å². The van der Waals surface area contributed by atoms with Gasteiger partial charge in [-0.25, -0.2) is 0 Å². The normalized spacial score (nSPS) is 36.6. The number of carbonyl (C=O) groups is 3. The van der Waals surface area contributed by atoms with Crippen molar-refractivity contribution in [3.8, 4) is 0 Å². The van der Waals surface area contributed by atoms with Gasteiger partial charge in [0.25, 0.3) is 0 Å². The topological polar surface area (TPSA) is 137 Å². The van der Waals surface area contributed by atoms with Gasteiger partial charge in [-0.1, -0.05) is 24.6 Å². The highest BCUT2D eigenvalue weighted by atomic mass is 16.6. The number of oxime groups is 1. The first-order chi connectivity index (χ1) is 18.4. The number of unbranched alkanes of at least 4 members (excludes halogenated alkanes) is 2. The molecule has 0 spiro atoms. The first-order valence-corrected chi connectivity index (χ1v) is 14.7. The minimum absolute atomic E-state index is 0.0644. The van der Waals surface area contributed by atoms with E-state index >= 15 is 0 Å². The Morgan fingerprint density at radius 2 is 1.67 bits per heavy atom. The van der Waals surface area contributed by atoms with Gasteiger partial charge in [-0.2, -0.15) is 0 Å². The number of allylic oxidation sites excluding steroid dienone is 2. The fourth-order valence-electron chi connectivity index (χ4n) is 8.64. The van der Waals surface area contributed by atoms with Crippen LogP contribution < -0.4 is 0 Å². The van der Waals surface area contributed by atoms with Crippen molar-refractivity contribution in [2.24, 2.45) is 33.7 Å². The van der Waals surface area contributed by atoms with Crippen LogP contribution >= 0.6 is 0 Å². The largest absolute Gasteiger partial charge is 0.480 e. The molecule has 218 valence electrons. The minimum Gasteiger partial charge on any atom is -0.480 e. The fraction of sp³-hybridized carbons (Fsp3) is 0.800. The average Bonchev–Trinajstić information content (AvgIpc) is 3.14. The highest BCUT2D eigenvalue weighted by Crippen LogP contribution is 2.67. The number of Topliss-reactive ketones (excluding diaryl/α,β-unsaturated/α-hetero) is 1. The SMILES string of the molecule is CC(=O)[C@@]1(O)CC[C@H]2[C@@H]3CCC4=C/C(=N/OCCCCCN(CC(=O)O)CC(=O)O)CC[C@]4(C)[C@H]3CC[C@@]21C. The predicted molar refractivity (Wildman–Crippen MR) is 146 cm³/mol. The van der Waals surface area contributed by atoms with E-state index in [2.05, 4.69) is 25.1 Å². The van der Waals surface area contributed by atoms with Crippen LogP contribution in [-0.4, -0.2) is 75.5 Å². The Morgan fingerprint density at radius 3 is 2.33 bits per heavy atom. The lowest BCUT2D eigenvalue weighted by Gasteiger charge is -2.59. The Labute approximate surface area is 231 Å². The van der Waals surface area contributed by atoms with Crippen LogP contribution in [0.1, 0.15) is 91.4 Å². The van der Waals surface area contributed by atoms with Crippen molar-refractivity contribution in [3.63, 3.8) is 0 Å². The minimum atomic E-state index is -1.17. The molecule has 6 atom stereocenters. The summed E-state index contributed by atoms with van der Waals surface area (Å²) in [5, 5.41) is 33.6. The van der Waals surface area contributed by atoms with E-state index in [4.69, 9.17) is 15.1 Å². The molecule has 3 saturated carbocycles. The van der Waals surface area contributed by atoms with Crippen molar-refractivity contribution < 1.29 is 34.5 Å². The summed E-state index contributed by atoms with van der Waals surface area (Å²) in [5.74, 6) is -0.581. The molecule has 0 heterocycles. The highest BCUT2D eigenvalue weighted by Gasteiger charge is 2.65. The second-order valence-corrected chi connectivity index (χ2v) is 12.9. The molecular weight excluding hydrogens is 500 g/mol. The molecule has 4 rings (SSSR count). The van der Waals surface area contributed by atoms with E-state index < -0.39 is 17.5 Å². The second kappa shape index (κ2) is 11.7. The average molecular weight is 547 g/mol. The molecular formula is C30H46N2O7. The molecule has 3 fully saturated rings. The van der Waals surface area contributed by atoms with E-state index in [-0.39, 0.29) is 29.7 Å². The number of aliphatic carboxylic acids is 2. The van der Waals surface area contributed by atoms with Gasteiger partial charge in [0.15, 0.2) is 5.78 Å². The molecule has 4 aliphatic rings. The summed E-state index contributed by atoms with van der Waals surface area (Å²) in [5.41, 5.74) is 1.12. The van der Waals surface area contributed by atoms with Crippen LogP contribution in [0.3, 0.4) is 0 Å². The lowest BCUT2D eigenvalue weighted by atomic mass is 9.46. The van der Waals surface area contributed by atoms with Crippen LogP contribution in [0, 0.1) is 28.6 Å². The lowest BCUT2D eigenvalue weighted by Crippen LogP contribution is -2.57. The van der Waals surface area contributed by atoms with Crippen LogP contribution in [0.2, 0.25) is 0 Å². The van der Waals surface area contributed by atoms with Gasteiger partial charge in [-0.05, 0) is 113 Å². The van der Waals surface area contributed by atoms with E-state index in [0.717, 1.165) is 63.5 Å². The molecule has 0 radical (unpaired) electrons. The number of aliphatic hydroxyl groups is 1. The zero-order valence-electron chi connectivity index (χ0n) is 23.8. The molecule has 39 heavy (non-hydrogen) atoms. The molecule has 0 aliphatic heterocycles. The molecule has 0 saturated heterocycles. The maximum absolute atomic E-state index is 12.4. The van der Waals surface area contributed by atoms with Gasteiger partial charge in [-0.3, -0.25) is 19.3 Å². The van der Waals surface area contributed by atoms with E-state index in [1.807, 2.05) is 0 Å². The number of hydrogen-bond acceptors (Lipinski definition) is 7. The number of carbonyl (C=O) groups excluding carboxylic acids is 1. The van der Waals surface area contributed by atoms with Gasteiger partial charge < -0.3 is 20.2 Å². The Hall–Kier alpha value is -2.26. The van der Waals surface area contributed by atoms with Crippen molar-refractivity contribution in [1.82, 2.24) is 4.90 Å². The third kappa shape index (κ3) is 5.80. The number of hydrogen-bond donors (Lipinski definition) is 3. The quantitative estimate of drug-likeness (QED) is 0.244. The Morgan fingerprint density at radius 1 is 0.974 bits per heavy atom. The first kappa shape index (κ1) is 29.7. The molecule has 0 bridgehead atoms. The summed E-state index contributed by atoms with van der Waals surface area (Å²) in [4.78, 5) is 41.3. The summed E-state index contributed by atoms with van der Waals surface area (Å²) in [6, 6.07) is 0. The van der Waals surface area contributed by atoms with Crippen LogP contribution in [0.5, 0.6) is 0 Å². The molecule has 4 aliphatic carbocycles. The van der Waals surface area contributed by atoms with Crippen molar-refractivity contribution in [3.05, 3.63) is 11.6 Å². The Bertz CT molecular complexity index is 1010. The van der Waals surface area contributed by atoms with E-state index in [1.165, 1.54) is 10.5 Å². The second-order valence-electron chi connectivity index (χ2n) is 12.9. The van der Waals surface area contributed by atoms with Crippen LogP contribution in [0.25, 0.3) is 0 Å². The van der Waals surface area contributed by atoms with Gasteiger partial charge in [0.2, 0.25) is 0 Å². The number of carboxylic acids is 2. The number of fused-ring (bicyclic) bond motifs is 5. The van der Waals surface area contributed by atoms with Gasteiger partial charge >= 0.3 is 11.9 Å². The highest BCUT2D eigenvalue weighted by molar-refractivity contribution is 5.96.